The van der Waals surface area contributed by atoms with Crippen LogP contribution >= 0.6 is 0 Å². The topological polar surface area (TPSA) is 8.82 Å². The molecule has 4 heterocycles. The standard InChI is InChI=1S/C66H48N2/c1-65(2,3)43-29-53-45-19-11-13-21-57(45)67-59-35-51-49(33-47(59)55(31-43)63(53)67)61(41-25-23-37-15-7-9-17-39(37)27-41)52-36-60-48(34-50(52)62(51)42-26-24-38-16-8-10-18-40(38)28-42)56-32-44(66(4,5)6)30-54-46-20-12-14-22-58(46)68(60)64(54)56/h7-36H,1-6H3. The number of hydrogen-bond acceptors (Lipinski definition) is 0. The summed E-state index contributed by atoms with van der Waals surface area (Å²) in [4.78, 5) is 0. The Bertz CT molecular complexity index is 4370. The first kappa shape index (κ1) is 38.2. The average molecular weight is 869 g/mol. The summed E-state index contributed by atoms with van der Waals surface area (Å²) in [6, 6.07) is 70.1. The minimum absolute atomic E-state index is 0.0249. The van der Waals surface area contributed by atoms with Crippen molar-refractivity contribution in [2.45, 2.75) is 52.4 Å². The fraction of sp³-hybridized carbons (Fsp3) is 0.121. The molecule has 0 aliphatic carbocycles. The molecule has 2 heteroatoms. The van der Waals surface area contributed by atoms with E-state index in [2.05, 4.69) is 232 Å². The fourth-order valence-corrected chi connectivity index (χ4v) is 12.4. The molecule has 0 bridgehead atoms. The van der Waals surface area contributed by atoms with E-state index in [1.807, 2.05) is 0 Å². The second-order valence-corrected chi connectivity index (χ2v) is 21.7. The zero-order valence-corrected chi connectivity index (χ0v) is 39.2. The minimum atomic E-state index is -0.0249. The van der Waals surface area contributed by atoms with E-state index >= 15 is 0 Å². The maximum absolute atomic E-state index is 2.57. The lowest BCUT2D eigenvalue weighted by Crippen LogP contribution is -2.10. The number of hydrogen-bond donors (Lipinski definition) is 0. The summed E-state index contributed by atoms with van der Waals surface area (Å²) >= 11 is 0. The first-order chi connectivity index (χ1) is 33.0. The van der Waals surface area contributed by atoms with Gasteiger partial charge in [0.25, 0.3) is 0 Å². The molecule has 0 spiro atoms. The number of nitrogens with zero attached hydrogens (tertiary/aromatic N) is 2. The molecule has 0 unspecified atom stereocenters. The summed E-state index contributed by atoms with van der Waals surface area (Å²) in [5.41, 5.74) is 15.3. The number of benzene rings is 11. The number of para-hydroxylation sites is 2. The molecule has 322 valence electrons. The highest BCUT2D eigenvalue weighted by Crippen LogP contribution is 2.51. The van der Waals surface area contributed by atoms with E-state index in [1.54, 1.807) is 0 Å². The van der Waals surface area contributed by atoms with Gasteiger partial charge in [0.05, 0.1) is 33.1 Å². The van der Waals surface area contributed by atoms with Gasteiger partial charge in [-0.3, -0.25) is 0 Å². The number of aromatic nitrogens is 2. The van der Waals surface area contributed by atoms with Gasteiger partial charge in [-0.25, -0.2) is 0 Å². The highest BCUT2D eigenvalue weighted by molar-refractivity contribution is 6.32. The van der Waals surface area contributed by atoms with Gasteiger partial charge in [0.1, 0.15) is 0 Å². The second kappa shape index (κ2) is 12.9. The molecule has 68 heavy (non-hydrogen) atoms. The van der Waals surface area contributed by atoms with Crippen LogP contribution in [0.15, 0.2) is 182 Å². The molecule has 0 amide bonds. The highest BCUT2D eigenvalue weighted by atomic mass is 14.9. The van der Waals surface area contributed by atoms with Gasteiger partial charge in [-0.1, -0.05) is 151 Å². The Morgan fingerprint density at radius 1 is 0.265 bits per heavy atom. The molecule has 0 radical (unpaired) electrons. The summed E-state index contributed by atoms with van der Waals surface area (Å²) in [6.45, 7) is 14.1. The molecule has 0 atom stereocenters. The van der Waals surface area contributed by atoms with E-state index in [4.69, 9.17) is 0 Å². The first-order valence-corrected chi connectivity index (χ1v) is 24.2. The van der Waals surface area contributed by atoms with Crippen LogP contribution in [0, 0.1) is 0 Å². The van der Waals surface area contributed by atoms with Crippen LogP contribution in [0.2, 0.25) is 0 Å². The summed E-state index contributed by atoms with van der Waals surface area (Å²) in [6.07, 6.45) is 0. The van der Waals surface area contributed by atoms with Crippen molar-refractivity contribution in [1.29, 1.82) is 0 Å². The van der Waals surface area contributed by atoms with Crippen molar-refractivity contribution < 1.29 is 0 Å². The van der Waals surface area contributed by atoms with E-state index in [-0.39, 0.29) is 10.8 Å². The Labute approximate surface area is 393 Å². The van der Waals surface area contributed by atoms with Crippen LogP contribution in [0.25, 0.3) is 142 Å². The average Bonchev–Trinajstić information content (AvgIpc) is 4.07. The smallest absolute Gasteiger partial charge is 0.0620 e. The van der Waals surface area contributed by atoms with Crippen molar-refractivity contribution in [2.24, 2.45) is 0 Å². The zero-order chi connectivity index (χ0) is 45.5. The first-order valence-electron chi connectivity index (χ1n) is 24.2. The van der Waals surface area contributed by atoms with Gasteiger partial charge in [0.15, 0.2) is 0 Å². The lowest BCUT2D eigenvalue weighted by Gasteiger charge is -2.20. The molecule has 0 saturated heterocycles. The molecule has 0 N–H and O–H groups in total. The van der Waals surface area contributed by atoms with Gasteiger partial charge in [-0.15, -0.1) is 0 Å². The Kier molecular flexibility index (Phi) is 7.27. The molecule has 15 aromatic rings. The fourth-order valence-electron chi connectivity index (χ4n) is 12.4. The van der Waals surface area contributed by atoms with Gasteiger partial charge >= 0.3 is 0 Å². The molecule has 0 saturated carbocycles. The van der Waals surface area contributed by atoms with Crippen LogP contribution in [0.3, 0.4) is 0 Å². The predicted octanol–water partition coefficient (Wildman–Crippen LogP) is 18.5. The van der Waals surface area contributed by atoms with Gasteiger partial charge in [0, 0.05) is 43.1 Å². The van der Waals surface area contributed by atoms with E-state index < -0.39 is 0 Å². The third-order valence-electron chi connectivity index (χ3n) is 15.8. The minimum Gasteiger partial charge on any atom is -0.308 e. The van der Waals surface area contributed by atoms with Crippen molar-refractivity contribution >= 4 is 119 Å². The van der Waals surface area contributed by atoms with E-state index in [1.165, 1.54) is 153 Å². The van der Waals surface area contributed by atoms with Crippen molar-refractivity contribution in [1.82, 2.24) is 8.80 Å². The second-order valence-electron chi connectivity index (χ2n) is 21.7. The third kappa shape index (κ3) is 5.02. The van der Waals surface area contributed by atoms with Gasteiger partial charge in [-0.05, 0) is 160 Å². The largest absolute Gasteiger partial charge is 0.308 e. The monoisotopic (exact) mass is 868 g/mol. The molecule has 11 aromatic carbocycles. The third-order valence-corrected chi connectivity index (χ3v) is 15.8. The summed E-state index contributed by atoms with van der Waals surface area (Å²) in [7, 11) is 0. The Hall–Kier alpha value is -7.94. The maximum Gasteiger partial charge on any atom is 0.0620 e. The van der Waals surface area contributed by atoms with Crippen LogP contribution in [0.4, 0.5) is 0 Å². The summed E-state index contributed by atoms with van der Waals surface area (Å²) in [5, 5.41) is 20.5. The molecule has 2 nitrogen and oxygen atoms in total. The van der Waals surface area contributed by atoms with Gasteiger partial charge in [-0.2, -0.15) is 0 Å². The maximum atomic E-state index is 2.57. The lowest BCUT2D eigenvalue weighted by atomic mass is 9.83. The van der Waals surface area contributed by atoms with Crippen LogP contribution in [-0.4, -0.2) is 8.80 Å². The zero-order valence-electron chi connectivity index (χ0n) is 39.2. The normalized spacial score (nSPS) is 13.1. The van der Waals surface area contributed by atoms with Crippen LogP contribution in [0.5, 0.6) is 0 Å². The van der Waals surface area contributed by atoms with Crippen molar-refractivity contribution in [3.05, 3.63) is 193 Å². The van der Waals surface area contributed by atoms with E-state index in [9.17, 15) is 0 Å². The molecular formula is C66H48N2. The SMILES string of the molecule is CC(C)(C)c1cc2c3ccccc3n3c4cc5c(-c6ccc7ccccc7c6)c6cc7c8cc(C(C)(C)C)cc9c%10ccccc%10n(c7cc6c(-c6ccc7ccccc7c6)c5cc4c(c1)c23)c98. The number of fused-ring (bicyclic) bond motifs is 16. The van der Waals surface area contributed by atoms with Crippen LogP contribution in [-0.2, 0) is 10.8 Å². The number of rotatable bonds is 2. The molecule has 15 rings (SSSR count). The molecular weight excluding hydrogens is 821 g/mol. The van der Waals surface area contributed by atoms with Crippen LogP contribution in [0.1, 0.15) is 52.7 Å². The van der Waals surface area contributed by atoms with Crippen molar-refractivity contribution in [2.75, 3.05) is 0 Å². The Balaban J connectivity index is 1.21. The molecule has 4 aromatic heterocycles. The van der Waals surface area contributed by atoms with Gasteiger partial charge < -0.3 is 8.80 Å². The lowest BCUT2D eigenvalue weighted by molar-refractivity contribution is 0.591. The predicted molar refractivity (Wildman–Crippen MR) is 294 cm³/mol. The van der Waals surface area contributed by atoms with Crippen molar-refractivity contribution in [3.8, 4) is 22.3 Å². The summed E-state index contributed by atoms with van der Waals surface area (Å²) in [5.74, 6) is 0. The van der Waals surface area contributed by atoms with Crippen molar-refractivity contribution in [3.63, 3.8) is 0 Å². The highest BCUT2D eigenvalue weighted by Gasteiger charge is 2.28. The Morgan fingerprint density at radius 3 is 1.03 bits per heavy atom. The van der Waals surface area contributed by atoms with Crippen LogP contribution < -0.4 is 0 Å². The van der Waals surface area contributed by atoms with E-state index in [0.717, 1.165) is 0 Å². The summed E-state index contributed by atoms with van der Waals surface area (Å²) < 4.78 is 5.14. The quantitative estimate of drug-likeness (QED) is 0.153. The molecule has 0 fully saturated rings. The molecule has 0 aliphatic rings. The molecule has 0 aliphatic heterocycles. The van der Waals surface area contributed by atoms with Gasteiger partial charge in [0.2, 0.25) is 0 Å². The van der Waals surface area contributed by atoms with E-state index in [0.29, 0.717) is 0 Å². The Morgan fingerprint density at radius 2 is 0.618 bits per heavy atom.